The zero-order valence-corrected chi connectivity index (χ0v) is 9.67. The molecule has 5 heteroatoms. The Kier molecular flexibility index (Phi) is 3.23. The van der Waals surface area contributed by atoms with Crippen molar-refractivity contribution in [2.45, 2.75) is 0 Å². The van der Waals surface area contributed by atoms with Gasteiger partial charge in [0.2, 0.25) is 0 Å². The van der Waals surface area contributed by atoms with Crippen LogP contribution >= 0.6 is 0 Å². The number of rotatable bonds is 2. The van der Waals surface area contributed by atoms with Crippen LogP contribution in [0.15, 0.2) is 42.7 Å². The lowest BCUT2D eigenvalue weighted by Gasteiger charge is -2.17. The van der Waals surface area contributed by atoms with Crippen LogP contribution in [0.4, 0.5) is 10.1 Å². The van der Waals surface area contributed by atoms with Gasteiger partial charge in [0.1, 0.15) is 11.6 Å². The number of aromatic hydroxyl groups is 1. The van der Waals surface area contributed by atoms with Gasteiger partial charge >= 0.3 is 0 Å². The van der Waals surface area contributed by atoms with Crippen molar-refractivity contribution in [1.82, 2.24) is 4.98 Å². The van der Waals surface area contributed by atoms with Gasteiger partial charge in [-0.15, -0.1) is 0 Å². The topological polar surface area (TPSA) is 53.4 Å². The Bertz CT molecular complexity index is 569. The summed E-state index contributed by atoms with van der Waals surface area (Å²) >= 11 is 0. The van der Waals surface area contributed by atoms with E-state index in [1.54, 1.807) is 7.05 Å². The number of benzene rings is 1. The molecule has 1 heterocycles. The molecule has 4 nitrogen and oxygen atoms in total. The van der Waals surface area contributed by atoms with Crippen molar-refractivity contribution in [1.29, 1.82) is 0 Å². The number of carbonyl (C=O) groups is 1. The molecule has 0 unspecified atom stereocenters. The smallest absolute Gasteiger partial charge is 0.261 e. The Morgan fingerprint density at radius 2 is 1.94 bits per heavy atom. The lowest BCUT2D eigenvalue weighted by molar-refractivity contribution is 0.0990. The van der Waals surface area contributed by atoms with Crippen LogP contribution in [0, 0.1) is 5.82 Å². The molecule has 0 saturated heterocycles. The van der Waals surface area contributed by atoms with Crippen molar-refractivity contribution in [3.8, 4) is 5.75 Å². The lowest BCUT2D eigenvalue weighted by atomic mass is 10.2. The summed E-state index contributed by atoms with van der Waals surface area (Å²) in [7, 11) is 1.55. The van der Waals surface area contributed by atoms with Crippen LogP contribution < -0.4 is 4.90 Å². The second-order valence-corrected chi connectivity index (χ2v) is 3.73. The number of carbonyl (C=O) groups excluding carboxylic acids is 1. The molecule has 0 fully saturated rings. The van der Waals surface area contributed by atoms with E-state index >= 15 is 0 Å². The number of amides is 1. The largest absolute Gasteiger partial charge is 0.505 e. The van der Waals surface area contributed by atoms with Gasteiger partial charge in [0.05, 0.1) is 11.8 Å². The molecule has 0 atom stereocenters. The Labute approximate surface area is 103 Å². The molecule has 0 aliphatic rings. The number of pyridine rings is 1. The molecule has 1 amide bonds. The van der Waals surface area contributed by atoms with Gasteiger partial charge in [-0.25, -0.2) is 4.39 Å². The van der Waals surface area contributed by atoms with E-state index in [-0.39, 0.29) is 23.0 Å². The van der Waals surface area contributed by atoms with Gasteiger partial charge in [-0.05, 0) is 30.3 Å². The maximum Gasteiger partial charge on any atom is 0.261 e. The minimum Gasteiger partial charge on any atom is -0.505 e. The molecule has 0 spiro atoms. The minimum atomic E-state index is -0.387. The SMILES string of the molecule is CN(C(=O)c1ccncc1O)c1ccc(F)cc1. The molecule has 0 radical (unpaired) electrons. The lowest BCUT2D eigenvalue weighted by Crippen LogP contribution is -2.26. The highest BCUT2D eigenvalue weighted by molar-refractivity contribution is 6.07. The first-order valence-corrected chi connectivity index (χ1v) is 5.26. The third-order valence-electron chi connectivity index (χ3n) is 2.55. The average molecular weight is 246 g/mol. The highest BCUT2D eigenvalue weighted by Gasteiger charge is 2.16. The number of hydrogen-bond donors (Lipinski definition) is 1. The summed E-state index contributed by atoms with van der Waals surface area (Å²) in [6.07, 6.45) is 2.62. The first-order chi connectivity index (χ1) is 8.59. The molecule has 92 valence electrons. The molecule has 0 aliphatic carbocycles. The van der Waals surface area contributed by atoms with Crippen molar-refractivity contribution < 1.29 is 14.3 Å². The second-order valence-electron chi connectivity index (χ2n) is 3.73. The van der Waals surface area contributed by atoms with E-state index in [0.717, 1.165) is 0 Å². The summed E-state index contributed by atoms with van der Waals surface area (Å²) in [6.45, 7) is 0. The Morgan fingerprint density at radius 1 is 1.28 bits per heavy atom. The number of nitrogens with zero attached hydrogens (tertiary/aromatic N) is 2. The molecule has 1 N–H and O–H groups in total. The Hall–Kier alpha value is -2.43. The normalized spacial score (nSPS) is 10.1. The first-order valence-electron chi connectivity index (χ1n) is 5.26. The van der Waals surface area contributed by atoms with Gasteiger partial charge < -0.3 is 10.0 Å². The monoisotopic (exact) mass is 246 g/mol. The molecule has 0 saturated carbocycles. The number of hydrogen-bond acceptors (Lipinski definition) is 3. The maximum atomic E-state index is 12.8. The Balaban J connectivity index is 2.29. The molecule has 2 rings (SSSR count). The molecular formula is C13H11FN2O2. The summed E-state index contributed by atoms with van der Waals surface area (Å²) in [5.74, 6) is -0.940. The van der Waals surface area contributed by atoms with Crippen molar-refractivity contribution in [2.75, 3.05) is 11.9 Å². The van der Waals surface area contributed by atoms with Crippen molar-refractivity contribution in [3.05, 3.63) is 54.1 Å². The zero-order chi connectivity index (χ0) is 13.1. The van der Waals surface area contributed by atoms with E-state index in [1.165, 1.54) is 47.6 Å². The van der Waals surface area contributed by atoms with Crippen LogP contribution in [-0.2, 0) is 0 Å². The summed E-state index contributed by atoms with van der Waals surface area (Å²) in [5, 5.41) is 9.55. The van der Waals surface area contributed by atoms with E-state index in [0.29, 0.717) is 5.69 Å². The van der Waals surface area contributed by atoms with Gasteiger partial charge in [-0.3, -0.25) is 9.78 Å². The third kappa shape index (κ3) is 2.29. The number of anilines is 1. The first kappa shape index (κ1) is 12.0. The molecule has 0 aliphatic heterocycles. The summed E-state index contributed by atoms with van der Waals surface area (Å²) < 4.78 is 12.8. The van der Waals surface area contributed by atoms with Crippen LogP contribution in [0.5, 0.6) is 5.75 Å². The van der Waals surface area contributed by atoms with Crippen LogP contribution in [-0.4, -0.2) is 23.0 Å². The van der Waals surface area contributed by atoms with Gasteiger partial charge in [0.15, 0.2) is 0 Å². The molecule has 1 aromatic heterocycles. The number of aromatic nitrogens is 1. The fourth-order valence-corrected chi connectivity index (χ4v) is 1.53. The van der Waals surface area contributed by atoms with Crippen LogP contribution in [0.2, 0.25) is 0 Å². The zero-order valence-electron chi connectivity index (χ0n) is 9.67. The Morgan fingerprint density at radius 3 is 2.56 bits per heavy atom. The summed E-state index contributed by atoms with van der Waals surface area (Å²) in [4.78, 5) is 17.1. The van der Waals surface area contributed by atoms with Gasteiger partial charge in [0, 0.05) is 18.9 Å². The minimum absolute atomic E-state index is 0.150. The van der Waals surface area contributed by atoms with E-state index in [1.807, 2.05) is 0 Å². The predicted octanol–water partition coefficient (Wildman–Crippen LogP) is 2.20. The second kappa shape index (κ2) is 4.83. The molecule has 0 bridgehead atoms. The molecule has 1 aromatic carbocycles. The van der Waals surface area contributed by atoms with E-state index in [2.05, 4.69) is 4.98 Å². The highest BCUT2D eigenvalue weighted by Crippen LogP contribution is 2.20. The highest BCUT2D eigenvalue weighted by atomic mass is 19.1. The number of halogens is 1. The van der Waals surface area contributed by atoms with Crippen LogP contribution in [0.3, 0.4) is 0 Å². The summed E-state index contributed by atoms with van der Waals surface area (Å²) in [5.41, 5.74) is 0.689. The summed E-state index contributed by atoms with van der Waals surface area (Å²) in [6, 6.07) is 6.95. The third-order valence-corrected chi connectivity index (χ3v) is 2.55. The fourth-order valence-electron chi connectivity index (χ4n) is 1.53. The van der Waals surface area contributed by atoms with Crippen molar-refractivity contribution >= 4 is 11.6 Å². The van der Waals surface area contributed by atoms with E-state index in [4.69, 9.17) is 0 Å². The van der Waals surface area contributed by atoms with E-state index in [9.17, 15) is 14.3 Å². The standard InChI is InChI=1S/C13H11FN2O2/c1-16(10-4-2-9(14)3-5-10)13(18)11-6-7-15-8-12(11)17/h2-8,17H,1H3. The van der Waals surface area contributed by atoms with Crippen molar-refractivity contribution in [3.63, 3.8) is 0 Å². The average Bonchev–Trinajstić information content (AvgIpc) is 2.38. The van der Waals surface area contributed by atoms with Crippen molar-refractivity contribution in [2.24, 2.45) is 0 Å². The maximum absolute atomic E-state index is 12.8. The van der Waals surface area contributed by atoms with Crippen LogP contribution in [0.1, 0.15) is 10.4 Å². The van der Waals surface area contributed by atoms with Gasteiger partial charge in [-0.2, -0.15) is 0 Å². The predicted molar refractivity (Wildman–Crippen MR) is 65.0 cm³/mol. The quantitative estimate of drug-likeness (QED) is 0.883. The molecule has 18 heavy (non-hydrogen) atoms. The fraction of sp³-hybridized carbons (Fsp3) is 0.0769. The molecule has 2 aromatic rings. The van der Waals surface area contributed by atoms with Gasteiger partial charge in [0.25, 0.3) is 5.91 Å². The van der Waals surface area contributed by atoms with Gasteiger partial charge in [-0.1, -0.05) is 0 Å². The molecular weight excluding hydrogens is 235 g/mol. The van der Waals surface area contributed by atoms with Crippen LogP contribution in [0.25, 0.3) is 0 Å². The van der Waals surface area contributed by atoms with E-state index < -0.39 is 0 Å².